The Balaban J connectivity index is 1.01. The molecular formula is C32H33N4O9PS. The van der Waals surface area contributed by atoms with Crippen molar-refractivity contribution in [3.05, 3.63) is 104 Å². The number of anilines is 1. The van der Waals surface area contributed by atoms with Crippen LogP contribution in [0.3, 0.4) is 0 Å². The summed E-state index contributed by atoms with van der Waals surface area (Å²) in [6.07, 6.45) is 4.13. The Morgan fingerprint density at radius 2 is 1.85 bits per heavy atom. The van der Waals surface area contributed by atoms with E-state index in [2.05, 4.69) is 22.3 Å². The fourth-order valence-corrected chi connectivity index (χ4v) is 8.39. The van der Waals surface area contributed by atoms with Gasteiger partial charge in [0.1, 0.15) is 5.75 Å². The fraction of sp³-hybridized carbons (Fsp3) is 0.344. The minimum atomic E-state index is -4.46. The third-order valence-corrected chi connectivity index (χ3v) is 10.7. The Hall–Kier alpha value is -4.07. The highest BCUT2D eigenvalue weighted by molar-refractivity contribution is 7.99. The van der Waals surface area contributed by atoms with Gasteiger partial charge in [0.05, 0.1) is 27.4 Å². The lowest BCUT2D eigenvalue weighted by Crippen LogP contribution is -2.38. The molecule has 6 rings (SSSR count). The number of nitro groups is 2. The van der Waals surface area contributed by atoms with E-state index in [1.165, 1.54) is 59.5 Å². The van der Waals surface area contributed by atoms with Gasteiger partial charge in [0.2, 0.25) is 5.91 Å². The van der Waals surface area contributed by atoms with Crippen LogP contribution in [0.15, 0.2) is 77.2 Å². The summed E-state index contributed by atoms with van der Waals surface area (Å²) in [5.41, 5.74) is 4.82. The second kappa shape index (κ2) is 14.0. The van der Waals surface area contributed by atoms with Gasteiger partial charge in [0, 0.05) is 42.4 Å². The first kappa shape index (κ1) is 32.9. The van der Waals surface area contributed by atoms with E-state index < -0.39 is 23.4 Å². The molecule has 13 nitrogen and oxygen atoms in total. The molecule has 2 N–H and O–H groups in total. The van der Waals surface area contributed by atoms with Crippen LogP contribution < -0.4 is 9.84 Å². The van der Waals surface area contributed by atoms with Gasteiger partial charge in [-0.25, -0.2) is 4.57 Å². The van der Waals surface area contributed by atoms with Gasteiger partial charge in [-0.05, 0) is 84.8 Å². The van der Waals surface area contributed by atoms with Crippen molar-refractivity contribution in [2.24, 2.45) is 0 Å². The maximum Gasteiger partial charge on any atom is 0.527 e. The number of nitrogens with one attached hydrogen (secondary N) is 1. The Labute approximate surface area is 274 Å². The zero-order valence-corrected chi connectivity index (χ0v) is 27.0. The SMILES string of the molecule is O=C(CCSc1ccc([N+](=O)[O-])cc1[N+](=O)[O-])Nc1ccc(OP(=O)(O)OC[C@H]2CC3=C(CCN4CCC[C@@H]34)c3ccccc32)cc1. The minimum absolute atomic E-state index is 0.0121. The van der Waals surface area contributed by atoms with Gasteiger partial charge in [-0.3, -0.25) is 39.3 Å². The molecule has 2 aliphatic heterocycles. The Morgan fingerprint density at radius 3 is 2.62 bits per heavy atom. The molecule has 1 aliphatic carbocycles. The molecule has 3 atom stereocenters. The molecule has 3 aromatic carbocycles. The van der Waals surface area contributed by atoms with E-state index in [0.717, 1.165) is 55.7 Å². The van der Waals surface area contributed by atoms with Crippen molar-refractivity contribution in [2.75, 3.05) is 30.8 Å². The maximum absolute atomic E-state index is 13.0. The van der Waals surface area contributed by atoms with Crippen LogP contribution in [0, 0.1) is 20.2 Å². The summed E-state index contributed by atoms with van der Waals surface area (Å²) in [5, 5.41) is 24.9. The molecular weight excluding hydrogens is 647 g/mol. The number of amides is 1. The number of thioether (sulfide) groups is 1. The lowest BCUT2D eigenvalue weighted by atomic mass is 9.74. The first-order chi connectivity index (χ1) is 22.6. The quantitative estimate of drug-likeness (QED) is 0.0878. The van der Waals surface area contributed by atoms with E-state index in [9.17, 15) is 34.5 Å². The van der Waals surface area contributed by atoms with E-state index in [1.54, 1.807) is 0 Å². The number of nitrogens with zero attached hydrogens (tertiary/aromatic N) is 3. The van der Waals surface area contributed by atoms with Crippen LogP contribution in [-0.2, 0) is 13.9 Å². The van der Waals surface area contributed by atoms with E-state index >= 15 is 0 Å². The molecule has 3 aromatic rings. The number of rotatable bonds is 12. The molecule has 3 aliphatic rings. The monoisotopic (exact) mass is 680 g/mol. The van der Waals surface area contributed by atoms with Crippen LogP contribution in [0.25, 0.3) is 5.57 Å². The molecule has 0 radical (unpaired) electrons. The van der Waals surface area contributed by atoms with E-state index in [4.69, 9.17) is 9.05 Å². The molecule has 0 saturated carbocycles. The minimum Gasteiger partial charge on any atom is -0.404 e. The van der Waals surface area contributed by atoms with Crippen molar-refractivity contribution in [2.45, 2.75) is 49.0 Å². The molecule has 2 heterocycles. The van der Waals surface area contributed by atoms with Crippen LogP contribution in [0.5, 0.6) is 5.75 Å². The number of nitro benzene ring substituents is 2. The molecule has 1 amide bonds. The van der Waals surface area contributed by atoms with E-state index in [-0.39, 0.29) is 46.9 Å². The summed E-state index contributed by atoms with van der Waals surface area (Å²) in [5.74, 6) is -0.147. The number of benzene rings is 3. The number of fused-ring (bicyclic) bond motifs is 4. The summed E-state index contributed by atoms with van der Waals surface area (Å²) < 4.78 is 23.8. The zero-order valence-electron chi connectivity index (χ0n) is 25.3. The summed E-state index contributed by atoms with van der Waals surface area (Å²) in [7, 11) is -4.46. The Morgan fingerprint density at radius 1 is 1.06 bits per heavy atom. The van der Waals surface area contributed by atoms with E-state index in [0.29, 0.717) is 11.7 Å². The number of hydrogen-bond acceptors (Lipinski definition) is 10. The highest BCUT2D eigenvalue weighted by Crippen LogP contribution is 2.50. The van der Waals surface area contributed by atoms with Crippen LogP contribution in [0.1, 0.15) is 49.1 Å². The number of phosphoric ester groups is 1. The number of carbonyl (C=O) groups is 1. The molecule has 1 unspecified atom stereocenters. The molecule has 246 valence electrons. The summed E-state index contributed by atoms with van der Waals surface area (Å²) in [6, 6.07) is 18.0. The summed E-state index contributed by atoms with van der Waals surface area (Å²) in [4.78, 5) is 46.6. The van der Waals surface area contributed by atoms with Crippen LogP contribution in [-0.4, -0.2) is 57.0 Å². The smallest absolute Gasteiger partial charge is 0.404 e. The first-order valence-corrected chi connectivity index (χ1v) is 17.7. The van der Waals surface area contributed by atoms with Crippen molar-refractivity contribution in [1.29, 1.82) is 0 Å². The third kappa shape index (κ3) is 7.58. The number of carbonyl (C=O) groups excluding carboxylic acids is 1. The summed E-state index contributed by atoms with van der Waals surface area (Å²) in [6.45, 7) is 2.21. The van der Waals surface area contributed by atoms with Crippen molar-refractivity contribution >= 4 is 48.1 Å². The largest absolute Gasteiger partial charge is 0.527 e. The lowest BCUT2D eigenvalue weighted by Gasteiger charge is -2.40. The number of non-ortho nitro benzene ring substituents is 1. The average molecular weight is 681 g/mol. The standard InChI is InChI=1S/C32H33N4O9PS/c37-32(14-17-47-31-12-9-23(35(38)39)19-30(31)36(40)41)33-22-7-10-24(11-8-22)45-46(42,43)44-20-21-18-28-27(26-5-2-1-4-25(21)26)13-16-34-15-3-6-29(28)34/h1-2,4-5,7-12,19,21,29H,3,6,13-18,20H2,(H,33,37)(H,42,43)/t21-,29+/m1/s1. The van der Waals surface area contributed by atoms with Gasteiger partial charge >= 0.3 is 7.82 Å². The van der Waals surface area contributed by atoms with Gasteiger partial charge in [-0.15, -0.1) is 11.8 Å². The van der Waals surface area contributed by atoms with Crippen molar-refractivity contribution in [1.82, 2.24) is 4.90 Å². The van der Waals surface area contributed by atoms with Gasteiger partial charge in [0.15, 0.2) is 0 Å². The Kier molecular flexibility index (Phi) is 9.76. The van der Waals surface area contributed by atoms with E-state index in [1.807, 2.05) is 12.1 Å². The Bertz CT molecular complexity index is 1780. The number of phosphoric acid groups is 1. The first-order valence-electron chi connectivity index (χ1n) is 15.3. The summed E-state index contributed by atoms with van der Waals surface area (Å²) >= 11 is 1.04. The molecule has 1 saturated heterocycles. The third-order valence-electron chi connectivity index (χ3n) is 8.73. The highest BCUT2D eigenvalue weighted by atomic mass is 32.2. The zero-order chi connectivity index (χ0) is 33.1. The molecule has 0 bridgehead atoms. The second-order valence-corrected chi connectivity index (χ2v) is 14.1. The van der Waals surface area contributed by atoms with Crippen LogP contribution in [0.4, 0.5) is 17.1 Å². The topological polar surface area (TPSA) is 174 Å². The molecule has 15 heteroatoms. The predicted molar refractivity (Wildman–Crippen MR) is 177 cm³/mol. The van der Waals surface area contributed by atoms with Crippen LogP contribution in [0.2, 0.25) is 0 Å². The van der Waals surface area contributed by atoms with Gasteiger partial charge in [-0.2, -0.15) is 0 Å². The van der Waals surface area contributed by atoms with Gasteiger partial charge < -0.3 is 9.84 Å². The van der Waals surface area contributed by atoms with Gasteiger partial charge in [-0.1, -0.05) is 24.3 Å². The van der Waals surface area contributed by atoms with Crippen molar-refractivity contribution in [3.8, 4) is 5.75 Å². The number of hydrogen-bond donors (Lipinski definition) is 2. The second-order valence-electron chi connectivity index (χ2n) is 11.6. The molecule has 0 spiro atoms. The average Bonchev–Trinajstić information content (AvgIpc) is 3.54. The normalized spacial score (nSPS) is 20.0. The fourth-order valence-electron chi connectivity index (χ4n) is 6.63. The highest BCUT2D eigenvalue weighted by Gasteiger charge is 2.39. The lowest BCUT2D eigenvalue weighted by molar-refractivity contribution is -0.396. The maximum atomic E-state index is 13.0. The van der Waals surface area contributed by atoms with Gasteiger partial charge in [0.25, 0.3) is 11.4 Å². The van der Waals surface area contributed by atoms with Crippen molar-refractivity contribution in [3.63, 3.8) is 0 Å². The molecule has 1 fully saturated rings. The van der Waals surface area contributed by atoms with Crippen molar-refractivity contribution < 1.29 is 33.1 Å². The van der Waals surface area contributed by atoms with Crippen LogP contribution >= 0.6 is 19.6 Å². The predicted octanol–water partition coefficient (Wildman–Crippen LogP) is 6.93. The molecule has 47 heavy (non-hydrogen) atoms. The molecule has 0 aromatic heterocycles.